The molecule has 0 radical (unpaired) electrons. The van der Waals surface area contributed by atoms with Crippen LogP contribution in [0.2, 0.25) is 0 Å². The highest BCUT2D eigenvalue weighted by Crippen LogP contribution is 2.18. The van der Waals surface area contributed by atoms with Crippen LogP contribution in [0.1, 0.15) is 61.0 Å². The van der Waals surface area contributed by atoms with Crippen molar-refractivity contribution >= 4 is 6.09 Å². The largest absolute Gasteiger partial charge is 0.508 e. The number of phenolic OH excluding ortho intramolecular Hbond substituents is 1. The Morgan fingerprint density at radius 2 is 1.57 bits per heavy atom. The van der Waals surface area contributed by atoms with Gasteiger partial charge in [0.05, 0.1) is 6.10 Å². The lowest BCUT2D eigenvalue weighted by Gasteiger charge is -2.17. The van der Waals surface area contributed by atoms with Gasteiger partial charge < -0.3 is 25.6 Å². The first-order valence-electron chi connectivity index (χ1n) is 13.2. The zero-order valence-corrected chi connectivity index (χ0v) is 21.7. The Hall–Kier alpha value is -3.35. The highest BCUT2D eigenvalue weighted by Gasteiger charge is 2.10. The number of ether oxygens (including phenoxy) is 1. The highest BCUT2D eigenvalue weighted by molar-refractivity contribution is 5.67. The Balaban J connectivity index is 1.22. The molecule has 0 bridgehead atoms. The fraction of sp³-hybridized carbons (Fsp3) is 0.387. The second-order valence-electron chi connectivity index (χ2n) is 9.57. The van der Waals surface area contributed by atoms with Crippen LogP contribution in [-0.4, -0.2) is 35.4 Å². The monoisotopic (exact) mass is 504 g/mol. The first-order chi connectivity index (χ1) is 18.0. The van der Waals surface area contributed by atoms with Gasteiger partial charge in [-0.2, -0.15) is 0 Å². The summed E-state index contributed by atoms with van der Waals surface area (Å²) in [6, 6.07) is 25.5. The van der Waals surface area contributed by atoms with E-state index in [1.165, 1.54) is 11.1 Å². The molecule has 4 N–H and O–H groups in total. The molecule has 37 heavy (non-hydrogen) atoms. The maximum absolute atomic E-state index is 11.8. The maximum Gasteiger partial charge on any atom is 0.407 e. The van der Waals surface area contributed by atoms with Crippen LogP contribution in [0.25, 0.3) is 0 Å². The second-order valence-corrected chi connectivity index (χ2v) is 9.57. The van der Waals surface area contributed by atoms with Crippen molar-refractivity contribution in [2.24, 2.45) is 0 Å². The number of carbonyl (C=O) groups is 1. The van der Waals surface area contributed by atoms with Gasteiger partial charge >= 0.3 is 6.09 Å². The summed E-state index contributed by atoms with van der Waals surface area (Å²) in [6.45, 7) is 3.50. The third kappa shape index (κ3) is 11.1. The minimum atomic E-state index is -0.633. The summed E-state index contributed by atoms with van der Waals surface area (Å²) in [7, 11) is 0. The van der Waals surface area contributed by atoms with Crippen molar-refractivity contribution in [2.75, 3.05) is 13.1 Å². The first-order valence-corrected chi connectivity index (χ1v) is 13.2. The van der Waals surface area contributed by atoms with Crippen molar-refractivity contribution in [1.82, 2.24) is 10.6 Å². The number of hydrogen-bond acceptors (Lipinski definition) is 5. The molecule has 3 aromatic carbocycles. The number of hydrogen-bond donors (Lipinski definition) is 4. The molecule has 3 aromatic rings. The van der Waals surface area contributed by atoms with Crippen LogP contribution in [-0.2, 0) is 24.2 Å². The Morgan fingerprint density at radius 3 is 2.27 bits per heavy atom. The van der Waals surface area contributed by atoms with Gasteiger partial charge in [0.25, 0.3) is 0 Å². The summed E-state index contributed by atoms with van der Waals surface area (Å²) in [5.74, 6) is 0.171. The minimum absolute atomic E-state index is 0.171. The Morgan fingerprint density at radius 1 is 0.865 bits per heavy atom. The first kappa shape index (κ1) is 28.2. The number of alkyl carbamates (subject to hydrolysis) is 1. The lowest BCUT2D eigenvalue weighted by molar-refractivity contribution is 0.139. The van der Waals surface area contributed by atoms with Crippen LogP contribution in [0.15, 0.2) is 78.9 Å². The van der Waals surface area contributed by atoms with Gasteiger partial charge in [-0.25, -0.2) is 4.79 Å². The van der Waals surface area contributed by atoms with Gasteiger partial charge in [-0.05, 0) is 79.8 Å². The molecule has 0 aliphatic carbocycles. The number of aryl methyl sites for hydroxylation is 2. The van der Waals surface area contributed by atoms with Crippen LogP contribution in [0, 0.1) is 0 Å². The van der Waals surface area contributed by atoms with Crippen molar-refractivity contribution in [2.45, 2.75) is 64.2 Å². The Bertz CT molecular complexity index is 1060. The molecule has 0 saturated heterocycles. The topological polar surface area (TPSA) is 90.8 Å². The number of amides is 1. The molecule has 6 nitrogen and oxygen atoms in total. The van der Waals surface area contributed by atoms with Crippen LogP contribution in [0.4, 0.5) is 4.79 Å². The zero-order chi connectivity index (χ0) is 26.3. The Labute approximate surface area is 220 Å². The molecule has 0 aromatic heterocycles. The summed E-state index contributed by atoms with van der Waals surface area (Å²) in [6.07, 6.45) is 5.02. The van der Waals surface area contributed by atoms with E-state index >= 15 is 0 Å². The molecule has 0 aliphatic rings. The smallest absolute Gasteiger partial charge is 0.407 e. The second kappa shape index (κ2) is 15.7. The SMILES string of the molecule is CC(CCCc1ccc(CCCCNC(=O)OCc2ccccc2)cc1)NC[C@@H](O)c1cccc(O)c1. The molecule has 0 fully saturated rings. The zero-order valence-electron chi connectivity index (χ0n) is 21.7. The normalized spacial score (nSPS) is 12.6. The molecular formula is C31H40N2O4. The van der Waals surface area contributed by atoms with Gasteiger partial charge in [0.1, 0.15) is 12.4 Å². The van der Waals surface area contributed by atoms with E-state index in [4.69, 9.17) is 4.74 Å². The number of phenols is 1. The molecule has 0 spiro atoms. The van der Waals surface area contributed by atoms with Crippen LogP contribution in [0.5, 0.6) is 5.75 Å². The Kier molecular flexibility index (Phi) is 12.0. The number of rotatable bonds is 15. The van der Waals surface area contributed by atoms with E-state index in [9.17, 15) is 15.0 Å². The van der Waals surface area contributed by atoms with Gasteiger partial charge in [-0.15, -0.1) is 0 Å². The average Bonchev–Trinajstić information content (AvgIpc) is 2.92. The van der Waals surface area contributed by atoms with Crippen molar-refractivity contribution in [3.63, 3.8) is 0 Å². The summed E-state index contributed by atoms with van der Waals surface area (Å²) in [5, 5.41) is 26.1. The van der Waals surface area contributed by atoms with E-state index < -0.39 is 6.10 Å². The quantitative estimate of drug-likeness (QED) is 0.200. The maximum atomic E-state index is 11.8. The molecule has 2 atom stereocenters. The minimum Gasteiger partial charge on any atom is -0.508 e. The number of aliphatic hydroxyl groups excluding tert-OH is 1. The molecule has 1 unspecified atom stereocenters. The lowest BCUT2D eigenvalue weighted by Crippen LogP contribution is -2.30. The van der Waals surface area contributed by atoms with Gasteiger partial charge in [0, 0.05) is 19.1 Å². The van der Waals surface area contributed by atoms with E-state index in [2.05, 4.69) is 41.8 Å². The predicted octanol–water partition coefficient (Wildman–Crippen LogP) is 5.68. The molecule has 198 valence electrons. The molecule has 0 heterocycles. The van der Waals surface area contributed by atoms with E-state index in [1.807, 2.05) is 36.4 Å². The van der Waals surface area contributed by atoms with Crippen molar-refractivity contribution in [3.05, 3.63) is 101 Å². The summed E-state index contributed by atoms with van der Waals surface area (Å²) in [4.78, 5) is 11.8. The number of aromatic hydroxyl groups is 1. The lowest BCUT2D eigenvalue weighted by atomic mass is 10.0. The van der Waals surface area contributed by atoms with Crippen LogP contribution >= 0.6 is 0 Å². The fourth-order valence-corrected chi connectivity index (χ4v) is 4.17. The molecule has 3 rings (SSSR count). The number of carbonyl (C=O) groups excluding carboxylic acids is 1. The van der Waals surface area contributed by atoms with Gasteiger partial charge in [0.15, 0.2) is 0 Å². The predicted molar refractivity (Wildman–Crippen MR) is 147 cm³/mol. The fourth-order valence-electron chi connectivity index (χ4n) is 4.17. The molecule has 6 heteroatoms. The van der Waals surface area contributed by atoms with Gasteiger partial charge in [-0.3, -0.25) is 0 Å². The molecular weight excluding hydrogens is 464 g/mol. The van der Waals surface area contributed by atoms with Gasteiger partial charge in [-0.1, -0.05) is 66.7 Å². The average molecular weight is 505 g/mol. The number of aliphatic hydroxyl groups is 1. The summed E-state index contributed by atoms with van der Waals surface area (Å²) < 4.78 is 5.23. The highest BCUT2D eigenvalue weighted by atomic mass is 16.5. The summed E-state index contributed by atoms with van der Waals surface area (Å²) in [5.41, 5.74) is 4.34. The molecule has 0 aliphatic heterocycles. The van der Waals surface area contributed by atoms with E-state index in [1.54, 1.807) is 18.2 Å². The van der Waals surface area contributed by atoms with E-state index in [0.717, 1.165) is 49.7 Å². The molecule has 0 saturated carbocycles. The van der Waals surface area contributed by atoms with Gasteiger partial charge in [0.2, 0.25) is 0 Å². The van der Waals surface area contributed by atoms with Crippen LogP contribution < -0.4 is 10.6 Å². The standard InChI is InChI=1S/C31H40N2O4/c1-24(33-22-30(35)28-14-8-15-29(34)21-28)9-7-13-26-18-16-25(17-19-26)10-5-6-20-32-31(36)37-23-27-11-3-2-4-12-27/h2-4,8,11-12,14-19,21,24,30,33-35H,5-7,9-10,13,20,22-23H2,1H3,(H,32,36)/t24?,30-/m1/s1. The number of unbranched alkanes of at least 4 members (excludes halogenated alkanes) is 1. The number of benzene rings is 3. The number of nitrogens with one attached hydrogen (secondary N) is 2. The third-order valence-corrected chi connectivity index (χ3v) is 6.41. The van der Waals surface area contributed by atoms with Crippen molar-refractivity contribution in [1.29, 1.82) is 0 Å². The van der Waals surface area contributed by atoms with Crippen molar-refractivity contribution < 1.29 is 19.7 Å². The third-order valence-electron chi connectivity index (χ3n) is 6.41. The van der Waals surface area contributed by atoms with Crippen LogP contribution in [0.3, 0.4) is 0 Å². The van der Waals surface area contributed by atoms with E-state index in [-0.39, 0.29) is 18.4 Å². The van der Waals surface area contributed by atoms with Crippen molar-refractivity contribution in [3.8, 4) is 5.75 Å². The van der Waals surface area contributed by atoms with E-state index in [0.29, 0.717) is 19.1 Å². The summed E-state index contributed by atoms with van der Waals surface area (Å²) >= 11 is 0. The molecule has 1 amide bonds.